The van der Waals surface area contributed by atoms with Gasteiger partial charge in [-0.3, -0.25) is 4.79 Å². The number of nitrogens with two attached hydrogens (primary N) is 1. The first-order chi connectivity index (χ1) is 9.06. The van der Waals surface area contributed by atoms with Crippen LogP contribution in [0, 0.1) is 0 Å². The zero-order valence-electron chi connectivity index (χ0n) is 9.89. The zero-order valence-corrected chi connectivity index (χ0v) is 11.5. The van der Waals surface area contributed by atoms with E-state index < -0.39 is 0 Å². The normalized spacial score (nSPS) is 9.95. The van der Waals surface area contributed by atoms with Crippen LogP contribution in [-0.2, 0) is 0 Å². The highest BCUT2D eigenvalue weighted by atomic mass is 35.5. The van der Waals surface area contributed by atoms with Crippen LogP contribution in [0.1, 0.15) is 15.9 Å². The predicted molar refractivity (Wildman–Crippen MR) is 81.7 cm³/mol. The number of hydrogen-bond acceptors (Lipinski definition) is 2. The first kappa shape index (κ1) is 13.5. The Kier molecular flexibility index (Phi) is 4.14. The summed E-state index contributed by atoms with van der Waals surface area (Å²) in [5, 5.41) is 3.37. The highest BCUT2D eigenvalue weighted by Crippen LogP contribution is 2.13. The van der Waals surface area contributed by atoms with Gasteiger partial charge in [0.15, 0.2) is 0 Å². The summed E-state index contributed by atoms with van der Waals surface area (Å²) in [7, 11) is 0. The second-order valence-electron chi connectivity index (χ2n) is 3.90. The molecule has 0 aliphatic rings. The number of rotatable bonds is 3. The van der Waals surface area contributed by atoms with Gasteiger partial charge < -0.3 is 11.1 Å². The van der Waals surface area contributed by atoms with Crippen molar-refractivity contribution in [1.29, 1.82) is 0 Å². The fraction of sp³-hybridized carbons (Fsp3) is 0. The largest absolute Gasteiger partial charge is 0.389 e. The standard InChI is InChI=1S/C14H11ClN2OS/c15-11-5-1-10(2-6-11)14(18)17-12-7-3-9(4-8-12)13(16)19/h1-8H,(H2,16,19)(H,17,18). The molecule has 0 unspecified atom stereocenters. The molecule has 0 aliphatic heterocycles. The van der Waals surface area contributed by atoms with Crippen molar-refractivity contribution in [3.63, 3.8) is 0 Å². The summed E-state index contributed by atoms with van der Waals surface area (Å²) >= 11 is 10.6. The Morgan fingerprint density at radius 1 is 1.00 bits per heavy atom. The highest BCUT2D eigenvalue weighted by molar-refractivity contribution is 7.80. The molecule has 0 saturated carbocycles. The topological polar surface area (TPSA) is 55.1 Å². The third kappa shape index (κ3) is 3.53. The number of anilines is 1. The number of nitrogens with one attached hydrogen (secondary N) is 1. The molecule has 0 aromatic heterocycles. The van der Waals surface area contributed by atoms with Crippen molar-refractivity contribution >= 4 is 40.4 Å². The minimum absolute atomic E-state index is 0.195. The number of hydrogen-bond donors (Lipinski definition) is 2. The molecule has 2 aromatic rings. The van der Waals surface area contributed by atoms with Gasteiger partial charge in [-0.25, -0.2) is 0 Å². The van der Waals surface area contributed by atoms with E-state index in [0.29, 0.717) is 21.3 Å². The maximum atomic E-state index is 11.9. The molecule has 5 heteroatoms. The number of amides is 1. The smallest absolute Gasteiger partial charge is 0.255 e. The molecule has 0 atom stereocenters. The van der Waals surface area contributed by atoms with Crippen LogP contribution in [0.3, 0.4) is 0 Å². The molecule has 0 saturated heterocycles. The first-order valence-corrected chi connectivity index (χ1v) is 6.31. The van der Waals surface area contributed by atoms with E-state index in [1.165, 1.54) is 0 Å². The Morgan fingerprint density at radius 3 is 2.05 bits per heavy atom. The molecule has 0 bridgehead atoms. The van der Waals surface area contributed by atoms with E-state index in [2.05, 4.69) is 5.32 Å². The summed E-state index contributed by atoms with van der Waals surface area (Å²) in [5.41, 5.74) is 7.49. The fourth-order valence-electron chi connectivity index (χ4n) is 1.52. The molecule has 1 amide bonds. The third-order valence-electron chi connectivity index (χ3n) is 2.53. The summed E-state index contributed by atoms with van der Waals surface area (Å²) in [6, 6.07) is 13.7. The van der Waals surface area contributed by atoms with Gasteiger partial charge >= 0.3 is 0 Å². The zero-order chi connectivity index (χ0) is 13.8. The van der Waals surface area contributed by atoms with E-state index in [1.54, 1.807) is 48.5 Å². The highest BCUT2D eigenvalue weighted by Gasteiger charge is 2.06. The summed E-state index contributed by atoms with van der Waals surface area (Å²) in [5.74, 6) is -0.195. The van der Waals surface area contributed by atoms with Crippen LogP contribution in [0.25, 0.3) is 0 Å². The lowest BCUT2D eigenvalue weighted by atomic mass is 10.2. The Bertz CT molecular complexity index is 608. The van der Waals surface area contributed by atoms with Crippen molar-refractivity contribution in [2.75, 3.05) is 5.32 Å². The van der Waals surface area contributed by atoms with E-state index >= 15 is 0 Å². The third-order valence-corrected chi connectivity index (χ3v) is 3.02. The molecule has 3 nitrogen and oxygen atoms in total. The molecule has 2 rings (SSSR count). The second-order valence-corrected chi connectivity index (χ2v) is 4.78. The van der Waals surface area contributed by atoms with Crippen LogP contribution in [0.2, 0.25) is 5.02 Å². The van der Waals surface area contributed by atoms with E-state index in [0.717, 1.165) is 5.56 Å². The average Bonchev–Trinajstić information content (AvgIpc) is 2.40. The molecule has 96 valence electrons. The molecule has 19 heavy (non-hydrogen) atoms. The minimum Gasteiger partial charge on any atom is -0.389 e. The molecule has 0 fully saturated rings. The SMILES string of the molecule is NC(=S)c1ccc(NC(=O)c2ccc(Cl)cc2)cc1. The molecule has 2 aromatic carbocycles. The number of carbonyl (C=O) groups excluding carboxylic acids is 1. The fourth-order valence-corrected chi connectivity index (χ4v) is 1.78. The van der Waals surface area contributed by atoms with Crippen molar-refractivity contribution in [2.24, 2.45) is 5.73 Å². The van der Waals surface area contributed by atoms with Gasteiger partial charge in [-0.15, -0.1) is 0 Å². The van der Waals surface area contributed by atoms with Crippen molar-refractivity contribution < 1.29 is 4.79 Å². The van der Waals surface area contributed by atoms with Crippen LogP contribution < -0.4 is 11.1 Å². The summed E-state index contributed by atoms with van der Waals surface area (Å²) < 4.78 is 0. The van der Waals surface area contributed by atoms with Crippen LogP contribution in [0.4, 0.5) is 5.69 Å². The van der Waals surface area contributed by atoms with Gasteiger partial charge in [0.1, 0.15) is 4.99 Å². The van der Waals surface area contributed by atoms with Gasteiger partial charge in [0, 0.05) is 21.8 Å². The van der Waals surface area contributed by atoms with Crippen LogP contribution in [0.15, 0.2) is 48.5 Å². The van der Waals surface area contributed by atoms with Gasteiger partial charge in [0.2, 0.25) is 0 Å². The maximum absolute atomic E-state index is 11.9. The van der Waals surface area contributed by atoms with Gasteiger partial charge in [0.25, 0.3) is 5.91 Å². The minimum atomic E-state index is -0.195. The lowest BCUT2D eigenvalue weighted by Gasteiger charge is -2.06. The van der Waals surface area contributed by atoms with Crippen LogP contribution >= 0.6 is 23.8 Å². The molecule has 3 N–H and O–H groups in total. The Labute approximate surface area is 121 Å². The molecular weight excluding hydrogens is 280 g/mol. The molecule has 0 radical (unpaired) electrons. The van der Waals surface area contributed by atoms with E-state index in [-0.39, 0.29) is 5.91 Å². The van der Waals surface area contributed by atoms with Gasteiger partial charge in [0.05, 0.1) is 0 Å². The lowest BCUT2D eigenvalue weighted by Crippen LogP contribution is -2.12. The molecular formula is C14H11ClN2OS. The van der Waals surface area contributed by atoms with Crippen LogP contribution in [0.5, 0.6) is 0 Å². The molecule has 0 heterocycles. The number of thiocarbonyl (C=S) groups is 1. The van der Waals surface area contributed by atoms with E-state index in [1.807, 2.05) is 0 Å². The van der Waals surface area contributed by atoms with Crippen molar-refractivity contribution in [2.45, 2.75) is 0 Å². The average molecular weight is 291 g/mol. The summed E-state index contributed by atoms with van der Waals surface area (Å²) in [4.78, 5) is 12.3. The number of benzene rings is 2. The number of halogens is 1. The second kappa shape index (κ2) is 5.82. The predicted octanol–water partition coefficient (Wildman–Crippen LogP) is 3.23. The Morgan fingerprint density at radius 2 is 1.53 bits per heavy atom. The quantitative estimate of drug-likeness (QED) is 0.853. The van der Waals surface area contributed by atoms with Gasteiger partial charge in [-0.2, -0.15) is 0 Å². The monoisotopic (exact) mass is 290 g/mol. The summed E-state index contributed by atoms with van der Waals surface area (Å²) in [6.45, 7) is 0. The van der Waals surface area contributed by atoms with E-state index in [4.69, 9.17) is 29.6 Å². The van der Waals surface area contributed by atoms with Gasteiger partial charge in [-0.05, 0) is 48.5 Å². The Balaban J connectivity index is 2.10. The summed E-state index contributed by atoms with van der Waals surface area (Å²) in [6.07, 6.45) is 0. The van der Waals surface area contributed by atoms with E-state index in [9.17, 15) is 4.79 Å². The first-order valence-electron chi connectivity index (χ1n) is 5.53. The number of carbonyl (C=O) groups is 1. The van der Waals surface area contributed by atoms with Crippen molar-refractivity contribution in [3.8, 4) is 0 Å². The van der Waals surface area contributed by atoms with Crippen molar-refractivity contribution in [3.05, 3.63) is 64.7 Å². The Hall–Kier alpha value is -1.91. The van der Waals surface area contributed by atoms with Crippen molar-refractivity contribution in [1.82, 2.24) is 0 Å². The molecule has 0 spiro atoms. The molecule has 0 aliphatic carbocycles. The van der Waals surface area contributed by atoms with Gasteiger partial charge in [-0.1, -0.05) is 23.8 Å². The van der Waals surface area contributed by atoms with Crippen LogP contribution in [-0.4, -0.2) is 10.9 Å². The lowest BCUT2D eigenvalue weighted by molar-refractivity contribution is 0.102. The maximum Gasteiger partial charge on any atom is 0.255 e.